The van der Waals surface area contributed by atoms with E-state index in [0.717, 1.165) is 23.1 Å². The SMILES string of the molecule is CCOCCCNC(=O)c1oc2ccccc2c1COc1ccccc1. The Kier molecular flexibility index (Phi) is 6.28. The lowest BCUT2D eigenvalue weighted by Crippen LogP contribution is -2.26. The van der Waals surface area contributed by atoms with Crippen LogP contribution < -0.4 is 10.1 Å². The molecule has 1 N–H and O–H groups in total. The number of rotatable bonds is 9. The van der Waals surface area contributed by atoms with Crippen molar-refractivity contribution in [3.63, 3.8) is 0 Å². The molecule has 2 aromatic carbocycles. The van der Waals surface area contributed by atoms with Crippen molar-refractivity contribution in [1.82, 2.24) is 5.32 Å². The lowest BCUT2D eigenvalue weighted by molar-refractivity contribution is 0.0915. The van der Waals surface area contributed by atoms with Gasteiger partial charge < -0.3 is 19.2 Å². The fraction of sp³-hybridized carbons (Fsp3) is 0.286. The third-order valence-electron chi connectivity index (χ3n) is 3.99. The number of furan rings is 1. The second kappa shape index (κ2) is 9.06. The van der Waals surface area contributed by atoms with Crippen molar-refractivity contribution in [2.24, 2.45) is 0 Å². The molecule has 1 amide bonds. The van der Waals surface area contributed by atoms with Crippen molar-refractivity contribution in [3.8, 4) is 5.75 Å². The summed E-state index contributed by atoms with van der Waals surface area (Å²) in [4.78, 5) is 12.6. The van der Waals surface area contributed by atoms with Gasteiger partial charge in [-0.1, -0.05) is 36.4 Å². The monoisotopic (exact) mass is 353 g/mol. The third-order valence-corrected chi connectivity index (χ3v) is 3.99. The van der Waals surface area contributed by atoms with Gasteiger partial charge in [0.2, 0.25) is 0 Å². The number of ether oxygens (including phenoxy) is 2. The molecule has 3 aromatic rings. The molecule has 26 heavy (non-hydrogen) atoms. The number of benzene rings is 2. The van der Waals surface area contributed by atoms with Crippen molar-refractivity contribution in [3.05, 3.63) is 65.9 Å². The summed E-state index contributed by atoms with van der Waals surface area (Å²) in [5.74, 6) is 0.823. The van der Waals surface area contributed by atoms with Crippen LogP contribution in [0.25, 0.3) is 11.0 Å². The molecule has 0 saturated heterocycles. The van der Waals surface area contributed by atoms with Crippen LogP contribution in [0.5, 0.6) is 5.75 Å². The predicted molar refractivity (Wildman–Crippen MR) is 100 cm³/mol. The largest absolute Gasteiger partial charge is 0.489 e. The quantitative estimate of drug-likeness (QED) is 0.587. The van der Waals surface area contributed by atoms with Gasteiger partial charge in [0.05, 0.1) is 0 Å². The fourth-order valence-electron chi connectivity index (χ4n) is 2.70. The number of para-hydroxylation sites is 2. The van der Waals surface area contributed by atoms with E-state index in [1.165, 1.54) is 0 Å². The topological polar surface area (TPSA) is 60.7 Å². The van der Waals surface area contributed by atoms with E-state index in [9.17, 15) is 4.79 Å². The molecule has 5 heteroatoms. The zero-order chi connectivity index (χ0) is 18.2. The highest BCUT2D eigenvalue weighted by Gasteiger charge is 2.20. The van der Waals surface area contributed by atoms with Crippen LogP contribution in [0.15, 0.2) is 59.0 Å². The molecule has 0 aliphatic heterocycles. The number of fused-ring (bicyclic) bond motifs is 1. The van der Waals surface area contributed by atoms with Crippen molar-refractivity contribution in [2.75, 3.05) is 19.8 Å². The second-order valence-electron chi connectivity index (χ2n) is 5.81. The molecule has 5 nitrogen and oxygen atoms in total. The number of hydrogen-bond acceptors (Lipinski definition) is 4. The van der Waals surface area contributed by atoms with E-state index in [1.807, 2.05) is 61.5 Å². The summed E-state index contributed by atoms with van der Waals surface area (Å²) in [5, 5.41) is 3.78. The van der Waals surface area contributed by atoms with E-state index in [4.69, 9.17) is 13.9 Å². The van der Waals surface area contributed by atoms with Gasteiger partial charge in [-0.15, -0.1) is 0 Å². The first-order chi connectivity index (χ1) is 12.8. The maximum atomic E-state index is 12.6. The first kappa shape index (κ1) is 18.0. The van der Waals surface area contributed by atoms with Gasteiger partial charge >= 0.3 is 0 Å². The highest BCUT2D eigenvalue weighted by Crippen LogP contribution is 2.27. The van der Waals surface area contributed by atoms with Crippen molar-refractivity contribution < 1.29 is 18.7 Å². The molecule has 0 unspecified atom stereocenters. The second-order valence-corrected chi connectivity index (χ2v) is 5.81. The Balaban J connectivity index is 1.74. The molecule has 0 bridgehead atoms. The summed E-state index contributed by atoms with van der Waals surface area (Å²) in [5.41, 5.74) is 1.44. The van der Waals surface area contributed by atoms with E-state index in [0.29, 0.717) is 31.1 Å². The Morgan fingerprint density at radius 3 is 2.65 bits per heavy atom. The van der Waals surface area contributed by atoms with Crippen molar-refractivity contribution in [1.29, 1.82) is 0 Å². The molecular formula is C21H23NO4. The number of amides is 1. The minimum absolute atomic E-state index is 0.232. The van der Waals surface area contributed by atoms with Gasteiger partial charge in [-0.2, -0.15) is 0 Å². The van der Waals surface area contributed by atoms with Crippen LogP contribution in [-0.4, -0.2) is 25.7 Å². The summed E-state index contributed by atoms with van der Waals surface area (Å²) in [7, 11) is 0. The van der Waals surface area contributed by atoms with Gasteiger partial charge in [0.15, 0.2) is 5.76 Å². The molecule has 0 spiro atoms. The molecule has 1 heterocycles. The zero-order valence-electron chi connectivity index (χ0n) is 14.9. The smallest absolute Gasteiger partial charge is 0.287 e. The van der Waals surface area contributed by atoms with E-state index < -0.39 is 0 Å². The van der Waals surface area contributed by atoms with Gasteiger partial charge in [0.1, 0.15) is 17.9 Å². The Labute approximate surface area is 152 Å². The van der Waals surface area contributed by atoms with E-state index >= 15 is 0 Å². The summed E-state index contributed by atoms with van der Waals surface area (Å²) < 4.78 is 16.9. The number of nitrogens with one attached hydrogen (secondary N) is 1. The molecular weight excluding hydrogens is 330 g/mol. The molecule has 0 atom stereocenters. The minimum Gasteiger partial charge on any atom is -0.489 e. The van der Waals surface area contributed by atoms with E-state index in [2.05, 4.69) is 5.32 Å². The van der Waals surface area contributed by atoms with Crippen LogP contribution >= 0.6 is 0 Å². The van der Waals surface area contributed by atoms with Gasteiger partial charge in [-0.3, -0.25) is 4.79 Å². The van der Waals surface area contributed by atoms with Crippen LogP contribution in [0, 0.1) is 0 Å². The lowest BCUT2D eigenvalue weighted by Gasteiger charge is -2.08. The van der Waals surface area contributed by atoms with Gasteiger partial charge in [0.25, 0.3) is 5.91 Å². The highest BCUT2D eigenvalue weighted by molar-refractivity contribution is 5.99. The van der Waals surface area contributed by atoms with Gasteiger partial charge in [-0.25, -0.2) is 0 Å². The Bertz CT molecular complexity index is 842. The molecule has 1 aromatic heterocycles. The van der Waals surface area contributed by atoms with E-state index in [1.54, 1.807) is 0 Å². The molecule has 136 valence electrons. The molecule has 0 aliphatic carbocycles. The van der Waals surface area contributed by atoms with Crippen LogP contribution in [-0.2, 0) is 11.3 Å². The van der Waals surface area contributed by atoms with Crippen molar-refractivity contribution >= 4 is 16.9 Å². The number of hydrogen-bond donors (Lipinski definition) is 1. The fourth-order valence-corrected chi connectivity index (χ4v) is 2.70. The molecule has 0 radical (unpaired) electrons. The predicted octanol–water partition coefficient (Wildman–Crippen LogP) is 4.17. The molecule has 3 rings (SSSR count). The van der Waals surface area contributed by atoms with Crippen molar-refractivity contribution in [2.45, 2.75) is 20.0 Å². The first-order valence-corrected chi connectivity index (χ1v) is 8.83. The van der Waals surface area contributed by atoms with Crippen LogP contribution in [0.4, 0.5) is 0 Å². The number of carbonyl (C=O) groups excluding carboxylic acids is 1. The maximum absolute atomic E-state index is 12.6. The summed E-state index contributed by atoms with van der Waals surface area (Å²) in [6, 6.07) is 17.1. The lowest BCUT2D eigenvalue weighted by atomic mass is 10.1. The normalized spacial score (nSPS) is 10.8. The zero-order valence-corrected chi connectivity index (χ0v) is 14.9. The first-order valence-electron chi connectivity index (χ1n) is 8.83. The number of carbonyl (C=O) groups is 1. The van der Waals surface area contributed by atoms with E-state index in [-0.39, 0.29) is 12.5 Å². The third kappa shape index (κ3) is 4.43. The standard InChI is InChI=1S/C21H23NO4/c1-2-24-14-8-13-22-21(23)20-18(15-25-16-9-4-3-5-10-16)17-11-6-7-12-19(17)26-20/h3-7,9-12H,2,8,13-15H2,1H3,(H,22,23). The maximum Gasteiger partial charge on any atom is 0.287 e. The average Bonchev–Trinajstić information content (AvgIpc) is 3.05. The Morgan fingerprint density at radius 1 is 1.08 bits per heavy atom. The van der Waals surface area contributed by atoms with Gasteiger partial charge in [-0.05, 0) is 31.5 Å². The summed E-state index contributed by atoms with van der Waals surface area (Å²) in [6.07, 6.45) is 0.760. The van der Waals surface area contributed by atoms with Crippen LogP contribution in [0.2, 0.25) is 0 Å². The van der Waals surface area contributed by atoms with Crippen LogP contribution in [0.3, 0.4) is 0 Å². The Hall–Kier alpha value is -2.79. The van der Waals surface area contributed by atoms with Gasteiger partial charge in [0, 0.05) is 30.7 Å². The average molecular weight is 353 g/mol. The summed E-state index contributed by atoms with van der Waals surface area (Å²) in [6.45, 7) is 4.06. The molecule has 0 aliphatic rings. The van der Waals surface area contributed by atoms with Crippen LogP contribution in [0.1, 0.15) is 29.5 Å². The molecule has 0 fully saturated rings. The Morgan fingerprint density at radius 2 is 1.85 bits per heavy atom. The summed E-state index contributed by atoms with van der Waals surface area (Å²) >= 11 is 0. The minimum atomic E-state index is -0.232. The molecule has 0 saturated carbocycles. The highest BCUT2D eigenvalue weighted by atomic mass is 16.5.